The highest BCUT2D eigenvalue weighted by atomic mass is 35.5. The third kappa shape index (κ3) is 2.55. The fraction of sp³-hybridized carbons (Fsp3) is 0.500. The highest BCUT2D eigenvalue weighted by Gasteiger charge is 2.31. The second kappa shape index (κ2) is 4.59. The summed E-state index contributed by atoms with van der Waals surface area (Å²) in [5, 5.41) is 5.02. The summed E-state index contributed by atoms with van der Waals surface area (Å²) in [7, 11) is 0. The highest BCUT2D eigenvalue weighted by Crippen LogP contribution is 2.28. The fourth-order valence-corrected chi connectivity index (χ4v) is 2.43. The Morgan fingerprint density at radius 1 is 1.38 bits per heavy atom. The molecule has 3 heterocycles. The number of aromatic nitrogens is 3. The number of carbonyl (C=O) groups excluding carboxylic acids is 1. The number of rotatable bonds is 0. The predicted molar refractivity (Wildman–Crippen MR) is 78.2 cm³/mol. The first kappa shape index (κ1) is 14.1. The van der Waals surface area contributed by atoms with Crippen molar-refractivity contribution in [3.05, 3.63) is 28.2 Å². The summed E-state index contributed by atoms with van der Waals surface area (Å²) in [4.78, 5) is 18.2. The van der Waals surface area contributed by atoms with Gasteiger partial charge >= 0.3 is 6.09 Å². The van der Waals surface area contributed by atoms with Crippen molar-refractivity contribution in [3.63, 3.8) is 0 Å². The average Bonchev–Trinajstić information content (AvgIpc) is 2.86. The van der Waals surface area contributed by atoms with Crippen LogP contribution >= 0.6 is 11.6 Å². The van der Waals surface area contributed by atoms with Gasteiger partial charge in [0.2, 0.25) is 0 Å². The largest absolute Gasteiger partial charge is 0.444 e. The van der Waals surface area contributed by atoms with E-state index in [-0.39, 0.29) is 6.09 Å². The first-order valence-electron chi connectivity index (χ1n) is 6.76. The Bertz CT molecular complexity index is 733. The van der Waals surface area contributed by atoms with Gasteiger partial charge in [-0.25, -0.2) is 14.3 Å². The molecule has 2 aromatic heterocycles. The Hall–Kier alpha value is -1.82. The zero-order valence-corrected chi connectivity index (χ0v) is 13.2. The van der Waals surface area contributed by atoms with E-state index in [1.165, 1.54) is 0 Å². The molecule has 0 saturated heterocycles. The van der Waals surface area contributed by atoms with Crippen molar-refractivity contribution in [2.24, 2.45) is 0 Å². The van der Waals surface area contributed by atoms with Crippen LogP contribution in [0.2, 0.25) is 5.02 Å². The average molecular weight is 309 g/mol. The van der Waals surface area contributed by atoms with Gasteiger partial charge in [-0.05, 0) is 27.7 Å². The van der Waals surface area contributed by atoms with E-state index >= 15 is 0 Å². The van der Waals surface area contributed by atoms with Crippen molar-refractivity contribution >= 4 is 23.3 Å². The zero-order chi connectivity index (χ0) is 15.4. The minimum absolute atomic E-state index is 0.329. The van der Waals surface area contributed by atoms with Crippen LogP contribution in [-0.4, -0.2) is 31.2 Å². The van der Waals surface area contributed by atoms with E-state index in [1.807, 2.05) is 27.7 Å². The Labute approximate surface area is 127 Å². The van der Waals surface area contributed by atoms with Gasteiger partial charge in [-0.15, -0.1) is 0 Å². The monoisotopic (exact) mass is 308 g/mol. The van der Waals surface area contributed by atoms with E-state index in [2.05, 4.69) is 10.1 Å². The molecular weight excluding hydrogens is 292 g/mol. The van der Waals surface area contributed by atoms with Crippen LogP contribution in [-0.2, 0) is 17.8 Å². The number of nitrogens with zero attached hydrogens (tertiary/aromatic N) is 4. The number of halogens is 1. The molecule has 0 atom stereocenters. The van der Waals surface area contributed by atoms with Gasteiger partial charge in [-0.3, -0.25) is 4.90 Å². The third-order valence-electron chi connectivity index (χ3n) is 3.26. The summed E-state index contributed by atoms with van der Waals surface area (Å²) >= 11 is 6.05. The molecule has 0 spiro atoms. The maximum Gasteiger partial charge on any atom is 0.410 e. The predicted octanol–water partition coefficient (Wildman–Crippen LogP) is 2.94. The molecule has 0 bridgehead atoms. The number of fused-ring (bicyclic) bond motifs is 3. The van der Waals surface area contributed by atoms with Gasteiger partial charge in [-0.2, -0.15) is 5.10 Å². The number of aryl methyl sites for hydroxylation is 1. The molecule has 0 radical (unpaired) electrons. The minimum Gasteiger partial charge on any atom is -0.444 e. The molecule has 6 nitrogen and oxygen atoms in total. The topological polar surface area (TPSA) is 59.7 Å². The smallest absolute Gasteiger partial charge is 0.410 e. The van der Waals surface area contributed by atoms with E-state index in [0.717, 1.165) is 22.6 Å². The van der Waals surface area contributed by atoms with Crippen LogP contribution in [0.5, 0.6) is 0 Å². The standard InChI is InChI=1S/C14H17ClN4O2/c1-8-10(15)6-19-12(16-8)9-5-18(7-11(9)17-19)13(20)21-14(2,3)4/h6H,5,7H2,1-4H3. The molecule has 0 N–H and O–H groups in total. The van der Waals surface area contributed by atoms with Crippen LogP contribution in [0.4, 0.5) is 4.79 Å². The second-order valence-corrected chi connectivity index (χ2v) is 6.61. The van der Waals surface area contributed by atoms with Gasteiger partial charge in [0.25, 0.3) is 0 Å². The maximum absolute atomic E-state index is 12.1. The second-order valence-electron chi connectivity index (χ2n) is 6.20. The van der Waals surface area contributed by atoms with E-state index in [9.17, 15) is 4.79 Å². The van der Waals surface area contributed by atoms with Crippen molar-refractivity contribution in [2.75, 3.05) is 0 Å². The number of hydrogen-bond acceptors (Lipinski definition) is 4. The van der Waals surface area contributed by atoms with Gasteiger partial charge < -0.3 is 4.74 Å². The van der Waals surface area contributed by atoms with Crippen LogP contribution < -0.4 is 0 Å². The molecule has 1 amide bonds. The SMILES string of the molecule is Cc1nc2c3c(nn2cc1Cl)CN(C(=O)OC(C)(C)C)C3. The van der Waals surface area contributed by atoms with Crippen LogP contribution in [0.3, 0.4) is 0 Å². The normalized spacial score (nSPS) is 14.6. The van der Waals surface area contributed by atoms with Crippen LogP contribution in [0.1, 0.15) is 37.7 Å². The molecule has 1 aliphatic rings. The summed E-state index contributed by atoms with van der Waals surface area (Å²) in [5.41, 5.74) is 2.80. The molecular formula is C14H17ClN4O2. The lowest BCUT2D eigenvalue weighted by Crippen LogP contribution is -2.33. The van der Waals surface area contributed by atoms with Gasteiger partial charge in [0.15, 0.2) is 5.65 Å². The molecule has 0 fully saturated rings. The first-order chi connectivity index (χ1) is 9.74. The molecule has 3 rings (SSSR count). The summed E-state index contributed by atoms with van der Waals surface area (Å²) in [6, 6.07) is 0. The van der Waals surface area contributed by atoms with Crippen LogP contribution in [0.25, 0.3) is 5.65 Å². The molecule has 1 aliphatic heterocycles. The molecule has 7 heteroatoms. The Morgan fingerprint density at radius 2 is 2.10 bits per heavy atom. The van der Waals surface area contributed by atoms with Crippen molar-refractivity contribution < 1.29 is 9.53 Å². The number of hydrogen-bond donors (Lipinski definition) is 0. The summed E-state index contributed by atoms with van der Waals surface area (Å²) in [6.45, 7) is 8.30. The van der Waals surface area contributed by atoms with Crippen LogP contribution in [0.15, 0.2) is 6.20 Å². The number of carbonyl (C=O) groups is 1. The van der Waals surface area contributed by atoms with Crippen molar-refractivity contribution in [1.29, 1.82) is 0 Å². The van der Waals surface area contributed by atoms with Crippen molar-refractivity contribution in [3.8, 4) is 0 Å². The Balaban J connectivity index is 1.88. The van der Waals surface area contributed by atoms with E-state index in [1.54, 1.807) is 15.6 Å². The lowest BCUT2D eigenvalue weighted by atomic mass is 10.2. The van der Waals surface area contributed by atoms with E-state index in [0.29, 0.717) is 18.1 Å². The lowest BCUT2D eigenvalue weighted by molar-refractivity contribution is 0.0240. The zero-order valence-electron chi connectivity index (χ0n) is 12.5. The van der Waals surface area contributed by atoms with Gasteiger partial charge in [-0.1, -0.05) is 11.6 Å². The van der Waals surface area contributed by atoms with Gasteiger partial charge in [0.1, 0.15) is 5.60 Å². The van der Waals surface area contributed by atoms with Gasteiger partial charge in [0.05, 0.1) is 35.7 Å². The highest BCUT2D eigenvalue weighted by molar-refractivity contribution is 6.31. The molecule has 2 aromatic rings. The molecule has 0 aromatic carbocycles. The van der Waals surface area contributed by atoms with Crippen molar-refractivity contribution in [2.45, 2.75) is 46.4 Å². The quantitative estimate of drug-likeness (QED) is 0.751. The third-order valence-corrected chi connectivity index (χ3v) is 3.63. The van der Waals surface area contributed by atoms with Crippen molar-refractivity contribution in [1.82, 2.24) is 19.5 Å². The maximum atomic E-state index is 12.1. The van der Waals surface area contributed by atoms with E-state index in [4.69, 9.17) is 16.3 Å². The number of amides is 1. The fourth-order valence-electron chi connectivity index (χ4n) is 2.30. The molecule has 0 unspecified atom stereocenters. The molecule has 0 saturated carbocycles. The number of ether oxygens (including phenoxy) is 1. The Morgan fingerprint density at radius 3 is 2.76 bits per heavy atom. The Kier molecular flexibility index (Phi) is 3.09. The van der Waals surface area contributed by atoms with E-state index < -0.39 is 5.60 Å². The van der Waals surface area contributed by atoms with Gasteiger partial charge in [0, 0.05) is 5.56 Å². The summed E-state index contributed by atoms with van der Waals surface area (Å²) < 4.78 is 7.06. The lowest BCUT2D eigenvalue weighted by Gasteiger charge is -2.24. The molecule has 21 heavy (non-hydrogen) atoms. The van der Waals surface area contributed by atoms with Crippen LogP contribution in [0, 0.1) is 6.92 Å². The molecule has 112 valence electrons. The first-order valence-corrected chi connectivity index (χ1v) is 7.13. The summed E-state index contributed by atoms with van der Waals surface area (Å²) in [6.07, 6.45) is 1.42. The molecule has 0 aliphatic carbocycles. The summed E-state index contributed by atoms with van der Waals surface area (Å²) in [5.74, 6) is 0. The minimum atomic E-state index is -0.504.